The summed E-state index contributed by atoms with van der Waals surface area (Å²) in [7, 11) is -4.01. The highest BCUT2D eigenvalue weighted by molar-refractivity contribution is 9.10. The first-order chi connectivity index (χ1) is 13.3. The van der Waals surface area contributed by atoms with Crippen LogP contribution in [0, 0.1) is 6.92 Å². The maximum atomic E-state index is 12.5. The van der Waals surface area contributed by atoms with E-state index in [1.807, 2.05) is 0 Å². The molecule has 0 saturated carbocycles. The highest BCUT2D eigenvalue weighted by Crippen LogP contribution is 2.35. The summed E-state index contributed by atoms with van der Waals surface area (Å²) in [5, 5.41) is 0. The Morgan fingerprint density at radius 1 is 1.04 bits per heavy atom. The van der Waals surface area contributed by atoms with E-state index in [1.54, 1.807) is 31.2 Å². The minimum atomic E-state index is -4.01. The molecule has 142 valence electrons. The molecule has 0 spiro atoms. The van der Waals surface area contributed by atoms with Crippen molar-refractivity contribution >= 4 is 37.9 Å². The maximum absolute atomic E-state index is 12.5. The van der Waals surface area contributed by atoms with Gasteiger partial charge in [0.15, 0.2) is 5.76 Å². The molecule has 0 bridgehead atoms. The molecule has 0 radical (unpaired) electrons. The molecule has 2 aromatic carbocycles. The van der Waals surface area contributed by atoms with Crippen molar-refractivity contribution in [3.05, 3.63) is 81.9 Å². The second kappa shape index (κ2) is 6.96. The summed E-state index contributed by atoms with van der Waals surface area (Å²) >= 11 is 3.25. The summed E-state index contributed by atoms with van der Waals surface area (Å²) in [6, 6.07) is 13.8. The van der Waals surface area contributed by atoms with Crippen LogP contribution in [0.25, 0.3) is 6.08 Å². The maximum Gasteiger partial charge on any atom is 0.339 e. The second-order valence-electron chi connectivity index (χ2n) is 6.04. The third kappa shape index (κ3) is 3.61. The van der Waals surface area contributed by atoms with Crippen molar-refractivity contribution in [2.45, 2.75) is 11.8 Å². The fourth-order valence-corrected chi connectivity index (χ4v) is 3.84. The SMILES string of the molecule is Cc1ccc(C=C2Oc3cc(OS(=O)(=O)c4ccc(Br)cc4)ccc3C2=O)o1. The van der Waals surface area contributed by atoms with Crippen LogP contribution in [-0.2, 0) is 10.1 Å². The van der Waals surface area contributed by atoms with E-state index in [0.717, 1.165) is 4.47 Å². The van der Waals surface area contributed by atoms with E-state index < -0.39 is 10.1 Å². The number of carbonyl (C=O) groups is 1. The Morgan fingerprint density at radius 3 is 2.46 bits per heavy atom. The molecule has 1 aliphatic rings. The Hall–Kier alpha value is -2.84. The van der Waals surface area contributed by atoms with Crippen molar-refractivity contribution < 1.29 is 26.5 Å². The van der Waals surface area contributed by atoms with Crippen molar-refractivity contribution in [2.24, 2.45) is 0 Å². The first-order valence-corrected chi connectivity index (χ1v) is 10.4. The van der Waals surface area contributed by atoms with Crippen LogP contribution in [0.5, 0.6) is 11.5 Å². The van der Waals surface area contributed by atoms with Crippen molar-refractivity contribution in [3.8, 4) is 11.5 Å². The highest BCUT2D eigenvalue weighted by atomic mass is 79.9. The van der Waals surface area contributed by atoms with Gasteiger partial charge >= 0.3 is 10.1 Å². The van der Waals surface area contributed by atoms with Gasteiger partial charge in [-0.3, -0.25) is 4.79 Å². The molecular formula is C20H13BrO6S. The Morgan fingerprint density at radius 2 is 1.79 bits per heavy atom. The number of furan rings is 1. The van der Waals surface area contributed by atoms with Crippen LogP contribution < -0.4 is 8.92 Å². The quantitative estimate of drug-likeness (QED) is 0.413. The van der Waals surface area contributed by atoms with Crippen molar-refractivity contribution in [1.82, 2.24) is 0 Å². The first-order valence-electron chi connectivity index (χ1n) is 8.17. The fourth-order valence-electron chi connectivity index (χ4n) is 2.66. The number of ether oxygens (including phenoxy) is 1. The number of hydrogen-bond donors (Lipinski definition) is 0. The predicted molar refractivity (Wildman–Crippen MR) is 105 cm³/mol. The average molecular weight is 461 g/mol. The van der Waals surface area contributed by atoms with E-state index in [9.17, 15) is 13.2 Å². The topological polar surface area (TPSA) is 82.8 Å². The van der Waals surface area contributed by atoms with E-state index in [1.165, 1.54) is 36.4 Å². The normalized spacial score (nSPS) is 14.8. The monoisotopic (exact) mass is 460 g/mol. The van der Waals surface area contributed by atoms with Crippen LogP contribution in [0.1, 0.15) is 21.9 Å². The van der Waals surface area contributed by atoms with Gasteiger partial charge in [-0.2, -0.15) is 8.42 Å². The number of carbonyl (C=O) groups excluding carboxylic acids is 1. The molecule has 0 atom stereocenters. The lowest BCUT2D eigenvalue weighted by Crippen LogP contribution is -2.09. The second-order valence-corrected chi connectivity index (χ2v) is 8.50. The molecule has 0 fully saturated rings. The van der Waals surface area contributed by atoms with Crippen LogP contribution >= 0.6 is 15.9 Å². The number of fused-ring (bicyclic) bond motifs is 1. The number of ketones is 1. The summed E-state index contributed by atoms with van der Waals surface area (Å²) < 4.78 is 41.8. The Kier molecular flexibility index (Phi) is 4.60. The summed E-state index contributed by atoms with van der Waals surface area (Å²) in [6.45, 7) is 1.80. The Labute approximate surface area is 169 Å². The van der Waals surface area contributed by atoms with Gasteiger partial charge in [-0.15, -0.1) is 0 Å². The molecule has 0 amide bonds. The highest BCUT2D eigenvalue weighted by Gasteiger charge is 2.29. The lowest BCUT2D eigenvalue weighted by Gasteiger charge is -2.08. The number of allylic oxidation sites excluding steroid dienone is 1. The Bertz CT molecular complexity index is 1210. The van der Waals surface area contributed by atoms with Gasteiger partial charge in [0.1, 0.15) is 27.9 Å². The molecule has 0 unspecified atom stereocenters. The minimum Gasteiger partial charge on any atom is -0.462 e. The summed E-state index contributed by atoms with van der Waals surface area (Å²) in [5.74, 6) is 1.25. The largest absolute Gasteiger partial charge is 0.462 e. The molecule has 2 heterocycles. The molecule has 0 aliphatic carbocycles. The smallest absolute Gasteiger partial charge is 0.339 e. The van der Waals surface area contributed by atoms with E-state index in [0.29, 0.717) is 17.1 Å². The van der Waals surface area contributed by atoms with Gasteiger partial charge in [-0.05, 0) is 55.5 Å². The molecule has 4 rings (SSSR count). The predicted octanol–water partition coefficient (Wildman–Crippen LogP) is 4.73. The molecular weight excluding hydrogens is 448 g/mol. The number of halogens is 1. The van der Waals surface area contributed by atoms with Gasteiger partial charge in [-0.25, -0.2) is 0 Å². The summed E-state index contributed by atoms with van der Waals surface area (Å²) in [6.07, 6.45) is 1.49. The van der Waals surface area contributed by atoms with Gasteiger partial charge in [0, 0.05) is 16.6 Å². The number of hydrogen-bond acceptors (Lipinski definition) is 6. The third-order valence-corrected chi connectivity index (χ3v) is 5.77. The summed E-state index contributed by atoms with van der Waals surface area (Å²) in [4.78, 5) is 12.5. The standard InChI is InChI=1S/C20H13BrO6S/c1-12-2-5-14(25-12)10-19-20(22)17-9-6-15(11-18(17)26-19)27-28(23,24)16-7-3-13(21)4-8-16/h2-11H,1H3. The molecule has 0 N–H and O–H groups in total. The van der Waals surface area contributed by atoms with Gasteiger partial charge in [0.05, 0.1) is 5.56 Å². The van der Waals surface area contributed by atoms with Crippen LogP contribution in [0.2, 0.25) is 0 Å². The minimum absolute atomic E-state index is 0.0157. The van der Waals surface area contributed by atoms with E-state index in [4.69, 9.17) is 13.3 Å². The molecule has 1 aromatic heterocycles. The molecule has 28 heavy (non-hydrogen) atoms. The van der Waals surface area contributed by atoms with Crippen LogP contribution in [0.15, 0.2) is 74.1 Å². The summed E-state index contributed by atoms with van der Waals surface area (Å²) in [5.41, 5.74) is 0.322. The molecule has 6 nitrogen and oxygen atoms in total. The fraction of sp³-hybridized carbons (Fsp3) is 0.0500. The molecule has 0 saturated heterocycles. The van der Waals surface area contributed by atoms with Crippen LogP contribution in [0.3, 0.4) is 0 Å². The first kappa shape index (κ1) is 18.5. The van der Waals surface area contributed by atoms with Gasteiger partial charge < -0.3 is 13.3 Å². The number of aryl methyl sites for hydroxylation is 1. The number of benzene rings is 2. The van der Waals surface area contributed by atoms with Crippen LogP contribution in [0.4, 0.5) is 0 Å². The van der Waals surface area contributed by atoms with E-state index in [-0.39, 0.29) is 27.9 Å². The van der Waals surface area contributed by atoms with Crippen molar-refractivity contribution in [2.75, 3.05) is 0 Å². The third-order valence-electron chi connectivity index (χ3n) is 3.98. The lowest BCUT2D eigenvalue weighted by molar-refractivity contribution is 0.101. The Balaban J connectivity index is 1.59. The van der Waals surface area contributed by atoms with Crippen molar-refractivity contribution in [3.63, 3.8) is 0 Å². The average Bonchev–Trinajstić information content (AvgIpc) is 3.18. The number of rotatable bonds is 4. The van der Waals surface area contributed by atoms with Crippen molar-refractivity contribution in [1.29, 1.82) is 0 Å². The zero-order valence-corrected chi connectivity index (χ0v) is 16.9. The van der Waals surface area contributed by atoms with Crippen LogP contribution in [-0.4, -0.2) is 14.2 Å². The van der Waals surface area contributed by atoms with Gasteiger partial charge in [0.25, 0.3) is 0 Å². The van der Waals surface area contributed by atoms with E-state index in [2.05, 4.69) is 15.9 Å². The molecule has 1 aliphatic heterocycles. The lowest BCUT2D eigenvalue weighted by atomic mass is 10.1. The van der Waals surface area contributed by atoms with Gasteiger partial charge in [-0.1, -0.05) is 15.9 Å². The molecule has 8 heteroatoms. The van der Waals surface area contributed by atoms with E-state index >= 15 is 0 Å². The van der Waals surface area contributed by atoms with Gasteiger partial charge in [0.2, 0.25) is 5.78 Å². The number of Topliss-reactive ketones (excluding diaryl/α,β-unsaturated/α-hetero) is 1. The molecule has 3 aromatic rings. The zero-order valence-electron chi connectivity index (χ0n) is 14.5. The zero-order chi connectivity index (χ0) is 19.9.